The molecule has 2 aromatic heterocycles. The van der Waals surface area contributed by atoms with E-state index in [1.807, 2.05) is 64.2 Å². The van der Waals surface area contributed by atoms with Crippen molar-refractivity contribution in [2.45, 2.75) is 46.7 Å². The third kappa shape index (κ3) is 4.04. The Hall–Kier alpha value is -3.09. The van der Waals surface area contributed by atoms with E-state index in [2.05, 4.69) is 4.98 Å². The fourth-order valence-electron chi connectivity index (χ4n) is 3.39. The summed E-state index contributed by atoms with van der Waals surface area (Å²) in [4.78, 5) is 30.4. The maximum Gasteiger partial charge on any atom is 0.332 e. The number of ether oxygens (including phenoxy) is 1. The van der Waals surface area contributed by atoms with Crippen LogP contribution in [0.3, 0.4) is 0 Å². The number of fused-ring (bicyclic) bond motifs is 1. The number of aryl methyl sites for hydroxylation is 2. The van der Waals surface area contributed by atoms with Gasteiger partial charge in [-0.25, -0.2) is 9.78 Å². The van der Waals surface area contributed by atoms with E-state index < -0.39 is 0 Å². The number of aromatic nitrogens is 4. The largest absolute Gasteiger partial charge is 0.494 e. The first-order chi connectivity index (χ1) is 14.0. The molecular weight excluding hydrogens is 368 g/mol. The molecule has 0 aliphatic rings. The number of benzene rings is 1. The lowest BCUT2D eigenvalue weighted by Crippen LogP contribution is -2.40. The molecule has 0 aliphatic heterocycles. The summed E-state index contributed by atoms with van der Waals surface area (Å²) in [5.74, 6) is 1.46. The third-order valence-corrected chi connectivity index (χ3v) is 4.79. The highest BCUT2D eigenvalue weighted by atomic mass is 16.5. The topological polar surface area (TPSA) is 71.1 Å². The van der Waals surface area contributed by atoms with E-state index in [1.165, 1.54) is 4.57 Å². The summed E-state index contributed by atoms with van der Waals surface area (Å²) < 4.78 is 10.2. The van der Waals surface area contributed by atoms with Gasteiger partial charge in [0.05, 0.1) is 6.61 Å². The number of hydrogen-bond donors (Lipinski definition) is 0. The van der Waals surface area contributed by atoms with Crippen LogP contribution in [0.25, 0.3) is 23.3 Å². The highest BCUT2D eigenvalue weighted by Crippen LogP contribution is 2.16. The Bertz CT molecular complexity index is 1130. The molecule has 0 bridgehead atoms. The Balaban J connectivity index is 2.09. The Morgan fingerprint density at radius 3 is 2.24 bits per heavy atom. The predicted molar refractivity (Wildman–Crippen MR) is 116 cm³/mol. The Morgan fingerprint density at radius 2 is 1.62 bits per heavy atom. The molecule has 0 amide bonds. The zero-order valence-electron chi connectivity index (χ0n) is 17.5. The van der Waals surface area contributed by atoms with Crippen LogP contribution in [0, 0.1) is 0 Å². The lowest BCUT2D eigenvalue weighted by molar-refractivity contribution is 0.340. The number of hydrogen-bond acceptors (Lipinski definition) is 4. The summed E-state index contributed by atoms with van der Waals surface area (Å²) in [7, 11) is 1.81. The fourth-order valence-corrected chi connectivity index (χ4v) is 3.39. The van der Waals surface area contributed by atoms with Crippen LogP contribution in [0.4, 0.5) is 0 Å². The minimum absolute atomic E-state index is 0.282. The molecule has 2 heterocycles. The highest BCUT2D eigenvalue weighted by molar-refractivity contribution is 5.76. The predicted octanol–water partition coefficient (Wildman–Crippen LogP) is 3.29. The van der Waals surface area contributed by atoms with Gasteiger partial charge in [0.15, 0.2) is 11.2 Å². The smallest absolute Gasteiger partial charge is 0.332 e. The van der Waals surface area contributed by atoms with Crippen LogP contribution in [0.1, 0.15) is 45.0 Å². The SMILES string of the molecule is CCCn1c(=O)c2c(nc(/C=C/c3ccc(OCC)cc3)n2C)n(CCC)c1=O. The van der Waals surface area contributed by atoms with Crippen LogP contribution in [0.5, 0.6) is 5.75 Å². The van der Waals surface area contributed by atoms with E-state index in [9.17, 15) is 9.59 Å². The minimum Gasteiger partial charge on any atom is -0.494 e. The molecule has 7 heteroatoms. The molecule has 7 nitrogen and oxygen atoms in total. The first-order valence-corrected chi connectivity index (χ1v) is 10.1. The molecule has 3 aromatic rings. The summed E-state index contributed by atoms with van der Waals surface area (Å²) in [6.07, 6.45) is 5.30. The maximum absolute atomic E-state index is 13.0. The van der Waals surface area contributed by atoms with E-state index in [0.29, 0.717) is 36.7 Å². The molecule has 0 fully saturated rings. The Morgan fingerprint density at radius 1 is 0.966 bits per heavy atom. The quantitative estimate of drug-likeness (QED) is 0.586. The summed E-state index contributed by atoms with van der Waals surface area (Å²) in [6, 6.07) is 7.76. The summed E-state index contributed by atoms with van der Waals surface area (Å²) in [6.45, 7) is 7.46. The van der Waals surface area contributed by atoms with Gasteiger partial charge in [-0.05, 0) is 43.5 Å². The average molecular weight is 396 g/mol. The summed E-state index contributed by atoms with van der Waals surface area (Å²) in [5.41, 5.74) is 1.33. The summed E-state index contributed by atoms with van der Waals surface area (Å²) in [5, 5.41) is 0. The van der Waals surface area contributed by atoms with Crippen molar-refractivity contribution >= 4 is 23.3 Å². The van der Waals surface area contributed by atoms with Gasteiger partial charge in [-0.1, -0.05) is 32.1 Å². The van der Waals surface area contributed by atoms with Crippen LogP contribution in [0.15, 0.2) is 33.9 Å². The van der Waals surface area contributed by atoms with Crippen molar-refractivity contribution in [3.8, 4) is 5.75 Å². The lowest BCUT2D eigenvalue weighted by atomic mass is 10.2. The zero-order valence-corrected chi connectivity index (χ0v) is 17.5. The second-order valence-corrected chi connectivity index (χ2v) is 6.93. The van der Waals surface area contributed by atoms with E-state index in [1.54, 1.807) is 9.13 Å². The van der Waals surface area contributed by atoms with E-state index >= 15 is 0 Å². The molecule has 0 unspecified atom stereocenters. The van der Waals surface area contributed by atoms with Crippen molar-refractivity contribution in [1.82, 2.24) is 18.7 Å². The maximum atomic E-state index is 13.0. The van der Waals surface area contributed by atoms with Gasteiger partial charge in [0.2, 0.25) is 0 Å². The van der Waals surface area contributed by atoms with Gasteiger partial charge < -0.3 is 9.30 Å². The van der Waals surface area contributed by atoms with Crippen LogP contribution in [-0.4, -0.2) is 25.3 Å². The second-order valence-electron chi connectivity index (χ2n) is 6.93. The molecule has 0 saturated carbocycles. The molecule has 0 spiro atoms. The molecule has 3 rings (SSSR count). The first-order valence-electron chi connectivity index (χ1n) is 10.1. The van der Waals surface area contributed by atoms with Gasteiger partial charge in [0.1, 0.15) is 11.6 Å². The van der Waals surface area contributed by atoms with Crippen LogP contribution < -0.4 is 16.0 Å². The van der Waals surface area contributed by atoms with Crippen molar-refractivity contribution in [1.29, 1.82) is 0 Å². The highest BCUT2D eigenvalue weighted by Gasteiger charge is 2.18. The standard InChI is InChI=1S/C22H28N4O3/c1-5-14-25-20-19(21(27)26(15-6-2)22(25)28)24(4)18(23-20)13-10-16-8-11-17(12-9-16)29-7-3/h8-13H,5-7,14-15H2,1-4H3/b13-10+. The van der Waals surface area contributed by atoms with Crippen molar-refractivity contribution in [2.75, 3.05) is 6.61 Å². The summed E-state index contributed by atoms with van der Waals surface area (Å²) >= 11 is 0. The van der Waals surface area contributed by atoms with Crippen LogP contribution >= 0.6 is 0 Å². The fraction of sp³-hybridized carbons (Fsp3) is 0.409. The molecule has 0 saturated heterocycles. The Labute approximate surface area is 169 Å². The molecule has 29 heavy (non-hydrogen) atoms. The Kier molecular flexibility index (Phi) is 6.36. The number of rotatable bonds is 8. The van der Waals surface area contributed by atoms with Crippen LogP contribution in [-0.2, 0) is 20.1 Å². The third-order valence-electron chi connectivity index (χ3n) is 4.79. The van der Waals surface area contributed by atoms with Gasteiger partial charge in [-0.3, -0.25) is 13.9 Å². The molecule has 0 radical (unpaired) electrons. The minimum atomic E-state index is -0.286. The molecule has 154 valence electrons. The van der Waals surface area contributed by atoms with Crippen LogP contribution in [0.2, 0.25) is 0 Å². The van der Waals surface area contributed by atoms with Gasteiger partial charge in [-0.15, -0.1) is 0 Å². The number of nitrogens with zero attached hydrogens (tertiary/aromatic N) is 4. The molecule has 0 N–H and O–H groups in total. The van der Waals surface area contributed by atoms with Crippen molar-refractivity contribution in [2.24, 2.45) is 7.05 Å². The monoisotopic (exact) mass is 396 g/mol. The molecular formula is C22H28N4O3. The average Bonchev–Trinajstić information content (AvgIpc) is 3.04. The van der Waals surface area contributed by atoms with Crippen molar-refractivity contribution < 1.29 is 4.74 Å². The first kappa shape index (κ1) is 20.6. The van der Waals surface area contributed by atoms with Gasteiger partial charge in [-0.2, -0.15) is 0 Å². The van der Waals surface area contributed by atoms with E-state index in [-0.39, 0.29) is 11.2 Å². The number of imidazole rings is 1. The van der Waals surface area contributed by atoms with Crippen molar-refractivity contribution in [3.63, 3.8) is 0 Å². The van der Waals surface area contributed by atoms with E-state index in [4.69, 9.17) is 4.74 Å². The molecule has 0 aliphatic carbocycles. The van der Waals surface area contributed by atoms with Crippen molar-refractivity contribution in [3.05, 3.63) is 56.5 Å². The van der Waals surface area contributed by atoms with Gasteiger partial charge in [0.25, 0.3) is 5.56 Å². The molecule has 1 aromatic carbocycles. The second kappa shape index (κ2) is 8.94. The van der Waals surface area contributed by atoms with Gasteiger partial charge >= 0.3 is 5.69 Å². The molecule has 0 atom stereocenters. The van der Waals surface area contributed by atoms with E-state index in [0.717, 1.165) is 24.2 Å². The lowest BCUT2D eigenvalue weighted by Gasteiger charge is -2.10. The van der Waals surface area contributed by atoms with Gasteiger partial charge in [0, 0.05) is 20.1 Å². The normalized spacial score (nSPS) is 11.6. The zero-order chi connectivity index (χ0) is 21.0.